The molecule has 4 atom stereocenters. The van der Waals surface area contributed by atoms with Crippen LogP contribution in [0.2, 0.25) is 0 Å². The maximum Gasteiger partial charge on any atom is 0.530 e. The first-order valence-electron chi connectivity index (χ1n) is 7.98. The first-order valence-corrected chi connectivity index (χ1v) is 9.44. The molecular weight excluding hydrogens is 368 g/mol. The highest BCUT2D eigenvalue weighted by Gasteiger charge is 2.50. The molecule has 0 bridgehead atoms. The molecule has 3 aliphatic heterocycles. The highest BCUT2D eigenvalue weighted by Crippen LogP contribution is 2.55. The molecule has 1 amide bonds. The smallest absolute Gasteiger partial charge is 0.404 e. The Balaban J connectivity index is 1.46. The third-order valence-corrected chi connectivity index (χ3v) is 5.66. The second kappa shape index (κ2) is 6.59. The lowest BCUT2D eigenvalue weighted by atomic mass is 10.1. The highest BCUT2D eigenvalue weighted by atomic mass is 31.2. The predicted molar refractivity (Wildman–Crippen MR) is 84.4 cm³/mol. The molecule has 0 aromatic heterocycles. The number of halogens is 1. The predicted octanol–water partition coefficient (Wildman–Crippen LogP) is 2.32. The van der Waals surface area contributed by atoms with Crippen LogP contribution in [0.1, 0.15) is 12.8 Å². The summed E-state index contributed by atoms with van der Waals surface area (Å²) in [4.78, 5) is 24.2. The molecule has 0 N–H and O–H groups in total. The molecule has 26 heavy (non-hydrogen) atoms. The second-order valence-corrected chi connectivity index (χ2v) is 7.58. The van der Waals surface area contributed by atoms with Crippen molar-refractivity contribution >= 4 is 19.5 Å². The van der Waals surface area contributed by atoms with Gasteiger partial charge < -0.3 is 9.26 Å². The Kier molecular flexibility index (Phi) is 4.40. The summed E-state index contributed by atoms with van der Waals surface area (Å²) in [5, 5.41) is 0. The molecule has 3 heterocycles. The molecule has 1 aromatic rings. The maximum absolute atomic E-state index is 13.5. The van der Waals surface area contributed by atoms with Crippen LogP contribution in [-0.4, -0.2) is 41.6 Å². The lowest BCUT2D eigenvalue weighted by molar-refractivity contribution is -0.145. The van der Waals surface area contributed by atoms with Gasteiger partial charge in [0.25, 0.3) is 0 Å². The Morgan fingerprint density at radius 1 is 1.19 bits per heavy atom. The van der Waals surface area contributed by atoms with Crippen LogP contribution in [0.15, 0.2) is 42.4 Å². The Morgan fingerprint density at radius 3 is 2.73 bits per heavy atom. The monoisotopic (exact) mass is 383 g/mol. The average Bonchev–Trinajstić information content (AvgIpc) is 3.01. The molecule has 2 fully saturated rings. The third-order valence-electron chi connectivity index (χ3n) is 4.23. The van der Waals surface area contributed by atoms with E-state index < -0.39 is 50.2 Å². The molecule has 0 spiro atoms. The fraction of sp³-hybridized carbons (Fsp3) is 0.375. The Labute approximate surface area is 148 Å². The standard InChI is InChI=1S/C16H15FNO7P/c17-11-8-18(15(20)6-12(11)19)16-7-13-14(23-16)9-22-26(21,25-13)24-10-4-2-1-3-5-10/h1-5,8,13-14,16H,6-7,9H2/t13-,14+,16+,26+/m0/s1. The number of Topliss-reactive ketones (excluding diaryl/α,β-unsaturated/α-hetero) is 1. The summed E-state index contributed by atoms with van der Waals surface area (Å²) in [7, 11) is -3.84. The second-order valence-electron chi connectivity index (χ2n) is 6.03. The van der Waals surface area contributed by atoms with E-state index in [0.717, 1.165) is 11.1 Å². The van der Waals surface area contributed by atoms with Crippen LogP contribution in [0, 0.1) is 0 Å². The summed E-state index contributed by atoms with van der Waals surface area (Å²) in [5.74, 6) is -2.09. The van der Waals surface area contributed by atoms with E-state index in [0.29, 0.717) is 5.75 Å². The normalized spacial score (nSPS) is 34.4. The van der Waals surface area contributed by atoms with Gasteiger partial charge in [-0.25, -0.2) is 8.96 Å². The van der Waals surface area contributed by atoms with E-state index in [1.165, 1.54) is 0 Å². The number of rotatable bonds is 3. The molecule has 3 aliphatic rings. The number of ketones is 1. The lowest BCUT2D eigenvalue weighted by Gasteiger charge is -2.29. The quantitative estimate of drug-likeness (QED) is 0.584. The topological polar surface area (TPSA) is 91.4 Å². The summed E-state index contributed by atoms with van der Waals surface area (Å²) >= 11 is 0. The van der Waals surface area contributed by atoms with Crippen molar-refractivity contribution < 1.29 is 36.9 Å². The summed E-state index contributed by atoms with van der Waals surface area (Å²) in [6.07, 6.45) is -1.63. The maximum atomic E-state index is 13.5. The third kappa shape index (κ3) is 3.31. The number of carbonyl (C=O) groups is 2. The minimum atomic E-state index is -3.84. The number of nitrogens with zero attached hydrogens (tertiary/aromatic N) is 1. The molecule has 0 unspecified atom stereocenters. The molecule has 4 rings (SSSR count). The van der Waals surface area contributed by atoms with Gasteiger partial charge in [0, 0.05) is 12.6 Å². The number of hydrogen-bond acceptors (Lipinski definition) is 7. The minimum Gasteiger partial charge on any atom is -0.404 e. The molecule has 0 aliphatic carbocycles. The van der Waals surface area contributed by atoms with Crippen molar-refractivity contribution in [3.05, 3.63) is 42.4 Å². The van der Waals surface area contributed by atoms with Gasteiger partial charge in [-0.1, -0.05) is 18.2 Å². The molecular formula is C16H15FNO7P. The zero-order chi connectivity index (χ0) is 18.3. The average molecular weight is 383 g/mol. The van der Waals surface area contributed by atoms with Crippen molar-refractivity contribution in [2.75, 3.05) is 6.61 Å². The zero-order valence-electron chi connectivity index (χ0n) is 13.4. The SMILES string of the molecule is O=C1CC(=O)N([C@H]2C[C@@H]3O[P@@](=O)(Oc4ccccc4)OC[C@H]3O2)C=C1F. The van der Waals surface area contributed by atoms with Crippen molar-refractivity contribution in [2.45, 2.75) is 31.3 Å². The molecule has 1 aromatic carbocycles. The molecule has 138 valence electrons. The van der Waals surface area contributed by atoms with Crippen molar-refractivity contribution in [1.29, 1.82) is 0 Å². The van der Waals surface area contributed by atoms with E-state index in [-0.39, 0.29) is 13.0 Å². The fourth-order valence-corrected chi connectivity index (χ4v) is 4.39. The van der Waals surface area contributed by atoms with Crippen molar-refractivity contribution in [1.82, 2.24) is 4.90 Å². The van der Waals surface area contributed by atoms with Crippen LogP contribution in [0.4, 0.5) is 4.39 Å². The van der Waals surface area contributed by atoms with Gasteiger partial charge >= 0.3 is 7.82 Å². The zero-order valence-corrected chi connectivity index (χ0v) is 14.3. The van der Waals surface area contributed by atoms with E-state index in [9.17, 15) is 18.5 Å². The number of carbonyl (C=O) groups excluding carboxylic acids is 2. The van der Waals surface area contributed by atoms with Gasteiger partial charge in [0.2, 0.25) is 11.7 Å². The number of allylic oxidation sites excluding steroid dienone is 1. The summed E-state index contributed by atoms with van der Waals surface area (Å²) in [6, 6.07) is 8.44. The lowest BCUT2D eigenvalue weighted by Crippen LogP contribution is -2.40. The summed E-state index contributed by atoms with van der Waals surface area (Å²) < 4.78 is 47.9. The number of para-hydroxylation sites is 1. The summed E-state index contributed by atoms with van der Waals surface area (Å²) in [5.41, 5.74) is 0. The van der Waals surface area contributed by atoms with E-state index in [2.05, 4.69) is 0 Å². The molecule has 0 radical (unpaired) electrons. The van der Waals surface area contributed by atoms with Gasteiger partial charge in [0.15, 0.2) is 5.83 Å². The first-order chi connectivity index (χ1) is 12.4. The van der Waals surface area contributed by atoms with Crippen LogP contribution in [0.3, 0.4) is 0 Å². The van der Waals surface area contributed by atoms with Gasteiger partial charge in [0.1, 0.15) is 24.2 Å². The number of amides is 1. The van der Waals surface area contributed by atoms with Crippen molar-refractivity contribution in [2.24, 2.45) is 0 Å². The first kappa shape index (κ1) is 17.4. The number of ether oxygens (including phenoxy) is 1. The molecule has 0 saturated carbocycles. The highest BCUT2D eigenvalue weighted by molar-refractivity contribution is 7.49. The van der Waals surface area contributed by atoms with Gasteiger partial charge in [-0.2, -0.15) is 0 Å². The largest absolute Gasteiger partial charge is 0.530 e. The number of phosphoric acid groups is 1. The van der Waals surface area contributed by atoms with Gasteiger partial charge in [-0.15, -0.1) is 0 Å². The fourth-order valence-electron chi connectivity index (χ4n) is 2.97. The van der Waals surface area contributed by atoms with E-state index in [4.69, 9.17) is 18.3 Å². The van der Waals surface area contributed by atoms with Gasteiger partial charge in [0.05, 0.1) is 13.0 Å². The Bertz CT molecular complexity index is 814. The van der Waals surface area contributed by atoms with Gasteiger partial charge in [-0.3, -0.25) is 23.5 Å². The van der Waals surface area contributed by atoms with Crippen LogP contribution in [0.5, 0.6) is 5.75 Å². The number of phosphoric ester groups is 1. The van der Waals surface area contributed by atoms with Crippen molar-refractivity contribution in [3.63, 3.8) is 0 Å². The Morgan fingerprint density at radius 2 is 1.96 bits per heavy atom. The summed E-state index contributed by atoms with van der Waals surface area (Å²) in [6.45, 7) is -0.0571. The van der Waals surface area contributed by atoms with E-state index in [1.807, 2.05) is 0 Å². The van der Waals surface area contributed by atoms with Crippen LogP contribution in [0.25, 0.3) is 0 Å². The molecule has 2 saturated heterocycles. The molecule has 8 nitrogen and oxygen atoms in total. The number of fused-ring (bicyclic) bond motifs is 1. The Hall–Kier alpha value is -2.06. The van der Waals surface area contributed by atoms with Crippen molar-refractivity contribution in [3.8, 4) is 5.75 Å². The number of benzene rings is 1. The number of hydrogen-bond donors (Lipinski definition) is 0. The van der Waals surface area contributed by atoms with Crippen LogP contribution >= 0.6 is 7.82 Å². The van der Waals surface area contributed by atoms with E-state index in [1.54, 1.807) is 30.3 Å². The van der Waals surface area contributed by atoms with Gasteiger partial charge in [-0.05, 0) is 12.1 Å². The van der Waals surface area contributed by atoms with Crippen LogP contribution in [-0.2, 0) is 27.9 Å². The molecule has 10 heteroatoms. The minimum absolute atomic E-state index is 0.0571. The van der Waals surface area contributed by atoms with Crippen LogP contribution < -0.4 is 4.52 Å². The van der Waals surface area contributed by atoms with E-state index >= 15 is 0 Å².